The number of carbonyl (C=O) groups excluding carboxylic acids is 1. The van der Waals surface area contributed by atoms with Crippen molar-refractivity contribution in [1.82, 2.24) is 10.2 Å². The molecule has 0 saturated carbocycles. The Bertz CT molecular complexity index is 608. The molecule has 2 aliphatic rings. The van der Waals surface area contributed by atoms with Crippen LogP contribution in [-0.4, -0.2) is 46.2 Å². The van der Waals surface area contributed by atoms with Gasteiger partial charge in [-0.1, -0.05) is 6.42 Å². The normalized spacial score (nSPS) is 25.0. The first kappa shape index (κ1) is 17.2. The van der Waals surface area contributed by atoms with Crippen molar-refractivity contribution < 1.29 is 9.72 Å². The van der Waals surface area contributed by atoms with Gasteiger partial charge in [-0.2, -0.15) is 0 Å². The van der Waals surface area contributed by atoms with Crippen LogP contribution in [0.1, 0.15) is 32.6 Å². The molecule has 7 heteroatoms. The maximum absolute atomic E-state index is 12.5. The van der Waals surface area contributed by atoms with E-state index in [4.69, 9.17) is 0 Å². The van der Waals surface area contributed by atoms with Crippen LogP contribution >= 0.6 is 11.8 Å². The minimum atomic E-state index is -0.416. The van der Waals surface area contributed by atoms with Crippen LogP contribution in [0.3, 0.4) is 0 Å². The van der Waals surface area contributed by atoms with E-state index >= 15 is 0 Å². The van der Waals surface area contributed by atoms with E-state index in [0.29, 0.717) is 6.04 Å². The van der Waals surface area contributed by atoms with Crippen LogP contribution < -0.4 is 5.32 Å². The van der Waals surface area contributed by atoms with E-state index < -0.39 is 4.92 Å². The lowest BCUT2D eigenvalue weighted by Gasteiger charge is -2.32. The third-order valence-corrected chi connectivity index (χ3v) is 6.03. The molecule has 3 atom stereocenters. The number of rotatable bonds is 5. The first-order valence-electron chi connectivity index (χ1n) is 8.50. The number of benzene rings is 1. The number of amides is 1. The molecule has 0 bridgehead atoms. The van der Waals surface area contributed by atoms with Gasteiger partial charge in [0, 0.05) is 35.7 Å². The van der Waals surface area contributed by atoms with Gasteiger partial charge < -0.3 is 5.32 Å². The van der Waals surface area contributed by atoms with E-state index in [1.165, 1.54) is 43.2 Å². The summed E-state index contributed by atoms with van der Waals surface area (Å²) in [6, 6.07) is 7.11. The Morgan fingerprint density at radius 2 is 2.04 bits per heavy atom. The second-order valence-electron chi connectivity index (χ2n) is 6.51. The van der Waals surface area contributed by atoms with Gasteiger partial charge in [-0.05, 0) is 44.9 Å². The molecule has 130 valence electrons. The number of nitrogens with zero attached hydrogens (tertiary/aromatic N) is 2. The number of nitro groups is 1. The van der Waals surface area contributed by atoms with Crippen LogP contribution in [0.2, 0.25) is 0 Å². The molecule has 1 N–H and O–H groups in total. The highest BCUT2D eigenvalue weighted by molar-refractivity contribution is 8.00. The lowest BCUT2D eigenvalue weighted by molar-refractivity contribution is -0.384. The minimum absolute atomic E-state index is 0.0516. The lowest BCUT2D eigenvalue weighted by Crippen LogP contribution is -2.48. The fraction of sp³-hybridized carbons (Fsp3) is 0.588. The molecule has 0 spiro atoms. The SMILES string of the molecule is C[C@H](Sc1ccc([N+](=O)[O-])cc1)C(=O)N[C@@H]1CCN2CCCC[C@H]12. The van der Waals surface area contributed by atoms with E-state index in [0.717, 1.165) is 24.4 Å². The Morgan fingerprint density at radius 3 is 2.75 bits per heavy atom. The molecule has 1 aromatic rings. The van der Waals surface area contributed by atoms with Gasteiger partial charge in [-0.25, -0.2) is 0 Å². The molecule has 2 saturated heterocycles. The Kier molecular flexibility index (Phi) is 5.40. The molecule has 6 nitrogen and oxygen atoms in total. The summed E-state index contributed by atoms with van der Waals surface area (Å²) < 4.78 is 0. The molecular formula is C17H23N3O3S. The number of non-ortho nitro benzene ring substituents is 1. The van der Waals surface area contributed by atoms with Crippen LogP contribution in [0.15, 0.2) is 29.2 Å². The van der Waals surface area contributed by atoms with Crippen LogP contribution in [0.5, 0.6) is 0 Å². The fourth-order valence-electron chi connectivity index (χ4n) is 3.62. The average molecular weight is 349 g/mol. The quantitative estimate of drug-likeness (QED) is 0.502. The lowest BCUT2D eigenvalue weighted by atomic mass is 9.99. The van der Waals surface area contributed by atoms with Gasteiger partial charge in [-0.3, -0.25) is 19.8 Å². The first-order valence-corrected chi connectivity index (χ1v) is 9.38. The van der Waals surface area contributed by atoms with Crippen molar-refractivity contribution in [2.24, 2.45) is 0 Å². The summed E-state index contributed by atoms with van der Waals surface area (Å²) >= 11 is 1.44. The summed E-state index contributed by atoms with van der Waals surface area (Å²) in [5.74, 6) is 0.0516. The van der Waals surface area contributed by atoms with Gasteiger partial charge in [0.2, 0.25) is 5.91 Å². The number of fused-ring (bicyclic) bond motifs is 1. The first-order chi connectivity index (χ1) is 11.5. The van der Waals surface area contributed by atoms with Gasteiger partial charge in [0.1, 0.15) is 0 Å². The van der Waals surface area contributed by atoms with Crippen LogP contribution in [0.4, 0.5) is 5.69 Å². The van der Waals surface area contributed by atoms with E-state index in [1.807, 2.05) is 6.92 Å². The highest BCUT2D eigenvalue weighted by atomic mass is 32.2. The molecule has 2 aliphatic heterocycles. The number of carbonyl (C=O) groups is 1. The molecule has 3 rings (SSSR count). The van der Waals surface area contributed by atoms with Gasteiger partial charge in [-0.15, -0.1) is 11.8 Å². The third kappa shape index (κ3) is 3.89. The van der Waals surface area contributed by atoms with Crippen molar-refractivity contribution in [1.29, 1.82) is 0 Å². The molecule has 1 amide bonds. The van der Waals surface area contributed by atoms with Crippen molar-refractivity contribution in [2.45, 2.75) is 54.8 Å². The fourth-order valence-corrected chi connectivity index (χ4v) is 4.50. The Morgan fingerprint density at radius 1 is 1.29 bits per heavy atom. The molecule has 2 heterocycles. The monoisotopic (exact) mass is 349 g/mol. The largest absolute Gasteiger partial charge is 0.351 e. The van der Waals surface area contributed by atoms with E-state index in [-0.39, 0.29) is 22.9 Å². The summed E-state index contributed by atoms with van der Waals surface area (Å²) in [6.07, 6.45) is 4.73. The number of nitrogens with one attached hydrogen (secondary N) is 1. The summed E-state index contributed by atoms with van der Waals surface area (Å²) in [5, 5.41) is 13.7. The summed E-state index contributed by atoms with van der Waals surface area (Å²) in [7, 11) is 0. The van der Waals surface area contributed by atoms with E-state index in [9.17, 15) is 14.9 Å². The molecule has 0 radical (unpaired) electrons. The van der Waals surface area contributed by atoms with Crippen molar-refractivity contribution in [3.63, 3.8) is 0 Å². The second kappa shape index (κ2) is 7.53. The number of piperidine rings is 1. The van der Waals surface area contributed by atoms with Crippen molar-refractivity contribution in [3.8, 4) is 0 Å². The summed E-state index contributed by atoms with van der Waals surface area (Å²) in [6.45, 7) is 4.12. The number of hydrogen-bond donors (Lipinski definition) is 1. The van der Waals surface area contributed by atoms with Crippen LogP contribution in [-0.2, 0) is 4.79 Å². The molecule has 1 aromatic carbocycles. The van der Waals surface area contributed by atoms with Gasteiger partial charge in [0.25, 0.3) is 5.69 Å². The zero-order valence-corrected chi connectivity index (χ0v) is 14.6. The van der Waals surface area contributed by atoms with Crippen molar-refractivity contribution >= 4 is 23.4 Å². The van der Waals surface area contributed by atoms with Crippen LogP contribution in [0, 0.1) is 10.1 Å². The van der Waals surface area contributed by atoms with E-state index in [2.05, 4.69) is 10.2 Å². The van der Waals surface area contributed by atoms with Crippen molar-refractivity contribution in [3.05, 3.63) is 34.4 Å². The van der Waals surface area contributed by atoms with Gasteiger partial charge in [0.05, 0.1) is 10.2 Å². The standard InChI is InChI=1S/C17H23N3O3S/c1-12(24-14-7-5-13(6-8-14)20(22)23)17(21)18-15-9-11-19-10-3-2-4-16(15)19/h5-8,12,15-16H,2-4,9-11H2,1H3,(H,18,21)/t12-,15+,16+/m0/s1. The zero-order chi connectivity index (χ0) is 17.1. The molecule has 2 fully saturated rings. The van der Waals surface area contributed by atoms with Crippen molar-refractivity contribution in [2.75, 3.05) is 13.1 Å². The molecular weight excluding hydrogens is 326 g/mol. The number of thioether (sulfide) groups is 1. The minimum Gasteiger partial charge on any atom is -0.351 e. The summed E-state index contributed by atoms with van der Waals surface area (Å²) in [4.78, 5) is 26.1. The topological polar surface area (TPSA) is 75.5 Å². The van der Waals surface area contributed by atoms with Crippen LogP contribution in [0.25, 0.3) is 0 Å². The molecule has 24 heavy (non-hydrogen) atoms. The summed E-state index contributed by atoms with van der Waals surface area (Å²) in [5.41, 5.74) is 0.0693. The third-order valence-electron chi connectivity index (χ3n) is 4.91. The maximum atomic E-state index is 12.5. The number of nitro benzene ring substituents is 1. The smallest absolute Gasteiger partial charge is 0.269 e. The second-order valence-corrected chi connectivity index (χ2v) is 7.93. The highest BCUT2D eigenvalue weighted by Crippen LogP contribution is 2.29. The average Bonchev–Trinajstić information content (AvgIpc) is 2.98. The Balaban J connectivity index is 1.54. The molecule has 0 unspecified atom stereocenters. The predicted octanol–water partition coefficient (Wildman–Crippen LogP) is 2.82. The number of hydrogen-bond acceptors (Lipinski definition) is 5. The highest BCUT2D eigenvalue weighted by Gasteiger charge is 2.36. The van der Waals surface area contributed by atoms with E-state index in [1.54, 1.807) is 12.1 Å². The zero-order valence-electron chi connectivity index (χ0n) is 13.8. The van der Waals surface area contributed by atoms with Gasteiger partial charge >= 0.3 is 0 Å². The Hall–Kier alpha value is -1.60. The maximum Gasteiger partial charge on any atom is 0.269 e. The van der Waals surface area contributed by atoms with Gasteiger partial charge in [0.15, 0.2) is 0 Å². The Labute approximate surface area is 146 Å². The predicted molar refractivity (Wildman–Crippen MR) is 94.2 cm³/mol. The molecule has 0 aliphatic carbocycles. The molecule has 0 aromatic heterocycles.